The Balaban J connectivity index is 3.61. The molecule has 0 bridgehead atoms. The second-order valence-corrected chi connectivity index (χ2v) is 3.76. The fraction of sp³-hybridized carbons (Fsp3) is 0.889. The first-order valence-electron chi connectivity index (χ1n) is 4.78. The molecule has 2 unspecified atom stereocenters. The van der Waals surface area contributed by atoms with E-state index in [1.165, 1.54) is 0 Å². The van der Waals surface area contributed by atoms with Crippen LogP contribution in [0.1, 0.15) is 33.6 Å². The van der Waals surface area contributed by atoms with Crippen LogP contribution in [0.4, 0.5) is 4.79 Å². The van der Waals surface area contributed by atoms with E-state index < -0.39 is 0 Å². The minimum atomic E-state index is -0.0949. The summed E-state index contributed by atoms with van der Waals surface area (Å²) in [7, 11) is 0. The van der Waals surface area contributed by atoms with Gasteiger partial charge >= 0.3 is 6.03 Å². The Morgan fingerprint density at radius 3 is 2.31 bits per heavy atom. The third kappa shape index (κ3) is 6.75. The number of hydrogen-bond acceptors (Lipinski definition) is 2. The van der Waals surface area contributed by atoms with Crippen LogP contribution in [0, 0.1) is 0 Å². The summed E-state index contributed by atoms with van der Waals surface area (Å²) in [5, 5.41) is 5.65. The molecule has 0 aromatic carbocycles. The Hall–Kier alpha value is -0.380. The molecule has 0 aliphatic rings. The second kappa shape index (κ2) is 7.06. The molecular formula is C9H20N2OS. The molecule has 0 saturated carbocycles. The summed E-state index contributed by atoms with van der Waals surface area (Å²) >= 11 is 4.08. The first kappa shape index (κ1) is 12.6. The number of hydrogen-bond donors (Lipinski definition) is 3. The Kier molecular flexibility index (Phi) is 6.86. The van der Waals surface area contributed by atoms with Crippen molar-refractivity contribution in [3.63, 3.8) is 0 Å². The van der Waals surface area contributed by atoms with Crippen LogP contribution in [-0.4, -0.2) is 23.9 Å². The van der Waals surface area contributed by atoms with Crippen LogP contribution >= 0.6 is 12.6 Å². The van der Waals surface area contributed by atoms with E-state index in [0.717, 1.165) is 12.8 Å². The van der Waals surface area contributed by atoms with Crippen molar-refractivity contribution in [1.82, 2.24) is 10.6 Å². The normalized spacial score (nSPS) is 14.8. The number of amides is 2. The first-order chi connectivity index (χ1) is 6.10. The number of carbonyl (C=O) groups excluding carboxylic acids is 1. The fourth-order valence-electron chi connectivity index (χ4n) is 1.04. The summed E-state index contributed by atoms with van der Waals surface area (Å²) in [6.45, 7) is 6.04. The van der Waals surface area contributed by atoms with Crippen LogP contribution < -0.4 is 10.6 Å². The van der Waals surface area contributed by atoms with Gasteiger partial charge in [-0.05, 0) is 20.3 Å². The minimum absolute atomic E-state index is 0.0949. The van der Waals surface area contributed by atoms with Crippen LogP contribution in [0.25, 0.3) is 0 Å². The molecule has 2 N–H and O–H groups in total. The topological polar surface area (TPSA) is 41.1 Å². The Bertz CT molecular complexity index is 153. The van der Waals surface area contributed by atoms with E-state index in [9.17, 15) is 4.79 Å². The van der Waals surface area contributed by atoms with Gasteiger partial charge in [0.2, 0.25) is 0 Å². The third-order valence-corrected chi connectivity index (χ3v) is 2.30. The lowest BCUT2D eigenvalue weighted by molar-refractivity contribution is 0.235. The smallest absolute Gasteiger partial charge is 0.315 e. The van der Waals surface area contributed by atoms with Crippen LogP contribution in [0.2, 0.25) is 0 Å². The lowest BCUT2D eigenvalue weighted by atomic mass is 10.2. The summed E-state index contributed by atoms with van der Waals surface area (Å²) in [6, 6.07) is 0.275. The van der Waals surface area contributed by atoms with Crippen molar-refractivity contribution < 1.29 is 4.79 Å². The van der Waals surface area contributed by atoms with E-state index in [4.69, 9.17) is 0 Å². The number of thiol groups is 1. The van der Waals surface area contributed by atoms with E-state index in [-0.39, 0.29) is 18.1 Å². The molecule has 2 amide bonds. The maximum absolute atomic E-state index is 11.2. The maximum atomic E-state index is 11.2. The molecule has 0 heterocycles. The van der Waals surface area contributed by atoms with Gasteiger partial charge in [-0.1, -0.05) is 13.3 Å². The van der Waals surface area contributed by atoms with Gasteiger partial charge in [-0.25, -0.2) is 4.79 Å². The summed E-state index contributed by atoms with van der Waals surface area (Å²) in [6.07, 6.45) is 2.10. The molecule has 0 aliphatic carbocycles. The second-order valence-electron chi connectivity index (χ2n) is 3.39. The highest BCUT2D eigenvalue weighted by atomic mass is 32.1. The zero-order chi connectivity index (χ0) is 10.3. The van der Waals surface area contributed by atoms with E-state index in [2.05, 4.69) is 30.2 Å². The van der Waals surface area contributed by atoms with Crippen molar-refractivity contribution in [3.05, 3.63) is 0 Å². The zero-order valence-corrected chi connectivity index (χ0v) is 9.53. The number of rotatable bonds is 5. The van der Waals surface area contributed by atoms with Gasteiger partial charge in [0, 0.05) is 17.8 Å². The van der Waals surface area contributed by atoms with Gasteiger partial charge < -0.3 is 10.6 Å². The average Bonchev–Trinajstić information content (AvgIpc) is 2.04. The Morgan fingerprint density at radius 1 is 1.31 bits per heavy atom. The highest BCUT2D eigenvalue weighted by molar-refractivity contribution is 7.80. The molecule has 0 spiro atoms. The van der Waals surface area contributed by atoms with E-state index >= 15 is 0 Å². The van der Waals surface area contributed by atoms with Crippen molar-refractivity contribution in [2.75, 3.05) is 5.75 Å². The summed E-state index contributed by atoms with van der Waals surface area (Å²) in [4.78, 5) is 11.2. The lowest BCUT2D eigenvalue weighted by Crippen LogP contribution is -2.45. The molecule has 0 aliphatic heterocycles. The summed E-state index contributed by atoms with van der Waals surface area (Å²) < 4.78 is 0. The third-order valence-electron chi connectivity index (χ3n) is 1.75. The predicted octanol–water partition coefficient (Wildman–Crippen LogP) is 1.79. The Morgan fingerprint density at radius 2 is 1.85 bits per heavy atom. The van der Waals surface area contributed by atoms with Crippen molar-refractivity contribution in [3.8, 4) is 0 Å². The first-order valence-corrected chi connectivity index (χ1v) is 5.41. The Labute approximate surface area is 86.1 Å². The highest BCUT2D eigenvalue weighted by Gasteiger charge is 2.07. The molecule has 0 aromatic rings. The molecule has 0 saturated heterocycles. The van der Waals surface area contributed by atoms with E-state index in [1.54, 1.807) is 0 Å². The van der Waals surface area contributed by atoms with Crippen LogP contribution in [0.5, 0.6) is 0 Å². The average molecular weight is 204 g/mol. The zero-order valence-electron chi connectivity index (χ0n) is 8.63. The van der Waals surface area contributed by atoms with Gasteiger partial charge in [-0.3, -0.25) is 0 Å². The number of urea groups is 1. The summed E-state index contributed by atoms with van der Waals surface area (Å²) in [5.74, 6) is 0.662. The van der Waals surface area contributed by atoms with Crippen molar-refractivity contribution in [2.45, 2.75) is 45.7 Å². The quantitative estimate of drug-likeness (QED) is 0.587. The van der Waals surface area contributed by atoms with Crippen LogP contribution in [0.15, 0.2) is 0 Å². The SMILES string of the molecule is CCCC(C)NC(=O)NC(C)CS. The molecule has 2 atom stereocenters. The molecule has 0 radical (unpaired) electrons. The largest absolute Gasteiger partial charge is 0.336 e. The van der Waals surface area contributed by atoms with E-state index in [0.29, 0.717) is 5.75 Å². The van der Waals surface area contributed by atoms with Crippen molar-refractivity contribution in [2.24, 2.45) is 0 Å². The number of carbonyl (C=O) groups is 1. The van der Waals surface area contributed by atoms with Gasteiger partial charge in [-0.15, -0.1) is 0 Å². The van der Waals surface area contributed by atoms with Crippen molar-refractivity contribution in [1.29, 1.82) is 0 Å². The standard InChI is InChI=1S/C9H20N2OS/c1-4-5-7(2)10-9(12)11-8(3)6-13/h7-8,13H,4-6H2,1-3H3,(H2,10,11,12). The summed E-state index contributed by atoms with van der Waals surface area (Å²) in [5.41, 5.74) is 0. The van der Waals surface area contributed by atoms with E-state index in [1.807, 2.05) is 13.8 Å². The molecule has 0 aromatic heterocycles. The molecule has 3 nitrogen and oxygen atoms in total. The molecule has 4 heteroatoms. The monoisotopic (exact) mass is 204 g/mol. The van der Waals surface area contributed by atoms with Crippen LogP contribution in [-0.2, 0) is 0 Å². The molecule has 13 heavy (non-hydrogen) atoms. The van der Waals surface area contributed by atoms with Crippen LogP contribution in [0.3, 0.4) is 0 Å². The predicted molar refractivity (Wildman–Crippen MR) is 59.4 cm³/mol. The molecule has 78 valence electrons. The van der Waals surface area contributed by atoms with Gasteiger partial charge in [0.1, 0.15) is 0 Å². The fourth-order valence-corrected chi connectivity index (χ4v) is 1.13. The van der Waals surface area contributed by atoms with Gasteiger partial charge in [-0.2, -0.15) is 12.6 Å². The lowest BCUT2D eigenvalue weighted by Gasteiger charge is -2.16. The highest BCUT2D eigenvalue weighted by Crippen LogP contribution is 1.94. The van der Waals surface area contributed by atoms with Crippen molar-refractivity contribution >= 4 is 18.7 Å². The van der Waals surface area contributed by atoms with Gasteiger partial charge in [0.15, 0.2) is 0 Å². The molecule has 0 rings (SSSR count). The number of nitrogens with one attached hydrogen (secondary N) is 2. The minimum Gasteiger partial charge on any atom is -0.336 e. The van der Waals surface area contributed by atoms with Gasteiger partial charge in [0.05, 0.1) is 0 Å². The van der Waals surface area contributed by atoms with Gasteiger partial charge in [0.25, 0.3) is 0 Å². The molecule has 0 fully saturated rings. The molecular weight excluding hydrogens is 184 g/mol. The maximum Gasteiger partial charge on any atom is 0.315 e.